The average molecular weight is 345 g/mol. The SMILES string of the molecule is CN(C)CCn1cc(NC(=O)c2cc(NC(=O)C3CC3)n(C)n2)cn1. The van der Waals surface area contributed by atoms with E-state index in [1.54, 1.807) is 30.2 Å². The topological polar surface area (TPSA) is 97.1 Å². The minimum atomic E-state index is -0.338. The molecule has 2 N–H and O–H groups in total. The van der Waals surface area contributed by atoms with Crippen LogP contribution in [0.4, 0.5) is 11.5 Å². The number of nitrogens with zero attached hydrogens (tertiary/aromatic N) is 5. The van der Waals surface area contributed by atoms with Crippen LogP contribution in [-0.4, -0.2) is 56.9 Å². The number of aryl methyl sites for hydroxylation is 1. The molecular weight excluding hydrogens is 322 g/mol. The van der Waals surface area contributed by atoms with Crippen LogP contribution in [0, 0.1) is 5.92 Å². The molecule has 3 rings (SSSR count). The third kappa shape index (κ3) is 4.44. The lowest BCUT2D eigenvalue weighted by Crippen LogP contribution is -2.18. The van der Waals surface area contributed by atoms with Crippen LogP contribution in [0.5, 0.6) is 0 Å². The molecule has 1 saturated carbocycles. The van der Waals surface area contributed by atoms with Crippen LogP contribution in [0.15, 0.2) is 18.5 Å². The Morgan fingerprint density at radius 1 is 1.32 bits per heavy atom. The molecule has 1 fully saturated rings. The summed E-state index contributed by atoms with van der Waals surface area (Å²) in [6.45, 7) is 1.60. The van der Waals surface area contributed by atoms with Crippen LogP contribution < -0.4 is 10.6 Å². The lowest BCUT2D eigenvalue weighted by molar-refractivity contribution is -0.117. The fourth-order valence-electron chi connectivity index (χ4n) is 2.32. The molecular formula is C16H23N7O2. The van der Waals surface area contributed by atoms with Gasteiger partial charge in [-0.05, 0) is 26.9 Å². The van der Waals surface area contributed by atoms with Crippen molar-refractivity contribution in [1.82, 2.24) is 24.5 Å². The largest absolute Gasteiger partial charge is 0.318 e. The normalized spacial score (nSPS) is 13.9. The first kappa shape index (κ1) is 17.2. The number of carbonyl (C=O) groups excluding carboxylic acids is 2. The van der Waals surface area contributed by atoms with E-state index in [1.165, 1.54) is 4.68 Å². The number of nitrogens with one attached hydrogen (secondary N) is 2. The van der Waals surface area contributed by atoms with Gasteiger partial charge >= 0.3 is 0 Å². The average Bonchev–Trinajstić information content (AvgIpc) is 3.22. The molecule has 2 aromatic heterocycles. The number of hydrogen-bond acceptors (Lipinski definition) is 5. The van der Waals surface area contributed by atoms with E-state index in [4.69, 9.17) is 0 Å². The summed E-state index contributed by atoms with van der Waals surface area (Å²) < 4.78 is 3.27. The van der Waals surface area contributed by atoms with Crippen molar-refractivity contribution < 1.29 is 9.59 Å². The molecule has 0 spiro atoms. The summed E-state index contributed by atoms with van der Waals surface area (Å²) in [4.78, 5) is 26.2. The molecule has 9 nitrogen and oxygen atoms in total. The van der Waals surface area contributed by atoms with Crippen molar-refractivity contribution in [2.45, 2.75) is 19.4 Å². The van der Waals surface area contributed by atoms with Crippen molar-refractivity contribution in [3.63, 3.8) is 0 Å². The van der Waals surface area contributed by atoms with Crippen molar-refractivity contribution >= 4 is 23.3 Å². The van der Waals surface area contributed by atoms with E-state index in [0.29, 0.717) is 11.5 Å². The fraction of sp³-hybridized carbons (Fsp3) is 0.500. The minimum Gasteiger partial charge on any atom is -0.318 e. The van der Waals surface area contributed by atoms with E-state index in [-0.39, 0.29) is 23.4 Å². The number of anilines is 2. The second kappa shape index (κ2) is 7.06. The van der Waals surface area contributed by atoms with Crippen LogP contribution in [0.2, 0.25) is 0 Å². The molecule has 0 unspecified atom stereocenters. The Kier molecular flexibility index (Phi) is 4.84. The second-order valence-electron chi connectivity index (χ2n) is 6.55. The number of carbonyl (C=O) groups is 2. The number of aromatic nitrogens is 4. The number of rotatable bonds is 7. The minimum absolute atomic E-state index is 0.0165. The van der Waals surface area contributed by atoms with E-state index < -0.39 is 0 Å². The van der Waals surface area contributed by atoms with Crippen molar-refractivity contribution in [3.8, 4) is 0 Å². The second-order valence-corrected chi connectivity index (χ2v) is 6.55. The molecule has 134 valence electrons. The zero-order chi connectivity index (χ0) is 18.0. The van der Waals surface area contributed by atoms with Gasteiger partial charge in [-0.1, -0.05) is 0 Å². The van der Waals surface area contributed by atoms with Gasteiger partial charge in [0, 0.05) is 31.8 Å². The van der Waals surface area contributed by atoms with Gasteiger partial charge in [-0.2, -0.15) is 10.2 Å². The maximum Gasteiger partial charge on any atom is 0.276 e. The van der Waals surface area contributed by atoms with Gasteiger partial charge in [-0.15, -0.1) is 0 Å². The molecule has 0 radical (unpaired) electrons. The summed E-state index contributed by atoms with van der Waals surface area (Å²) in [7, 11) is 5.68. The third-order valence-corrected chi connectivity index (χ3v) is 3.98. The smallest absolute Gasteiger partial charge is 0.276 e. The van der Waals surface area contributed by atoms with Crippen LogP contribution in [0.25, 0.3) is 0 Å². The van der Waals surface area contributed by atoms with Crippen molar-refractivity contribution in [2.24, 2.45) is 13.0 Å². The molecule has 25 heavy (non-hydrogen) atoms. The Balaban J connectivity index is 1.60. The van der Waals surface area contributed by atoms with Crippen molar-refractivity contribution in [2.75, 3.05) is 31.3 Å². The maximum absolute atomic E-state index is 12.3. The lowest BCUT2D eigenvalue weighted by atomic mass is 10.3. The summed E-state index contributed by atoms with van der Waals surface area (Å²) in [5.41, 5.74) is 0.854. The highest BCUT2D eigenvalue weighted by atomic mass is 16.2. The summed E-state index contributed by atoms with van der Waals surface area (Å²) in [6.07, 6.45) is 5.23. The van der Waals surface area contributed by atoms with E-state index in [1.807, 2.05) is 14.1 Å². The van der Waals surface area contributed by atoms with Crippen LogP contribution in [-0.2, 0) is 18.4 Å². The van der Waals surface area contributed by atoms with Crippen molar-refractivity contribution in [1.29, 1.82) is 0 Å². The van der Waals surface area contributed by atoms with E-state index in [9.17, 15) is 9.59 Å². The van der Waals surface area contributed by atoms with Crippen LogP contribution in [0.3, 0.4) is 0 Å². The predicted molar refractivity (Wildman–Crippen MR) is 93.3 cm³/mol. The maximum atomic E-state index is 12.3. The highest BCUT2D eigenvalue weighted by Gasteiger charge is 2.30. The van der Waals surface area contributed by atoms with Crippen LogP contribution >= 0.6 is 0 Å². The summed E-state index contributed by atoms with van der Waals surface area (Å²) in [5.74, 6) is 0.260. The molecule has 0 aromatic carbocycles. The Morgan fingerprint density at radius 2 is 2.08 bits per heavy atom. The van der Waals surface area contributed by atoms with E-state index >= 15 is 0 Å². The van der Waals surface area contributed by atoms with Gasteiger partial charge in [-0.3, -0.25) is 19.0 Å². The number of hydrogen-bond donors (Lipinski definition) is 2. The molecule has 2 aromatic rings. The third-order valence-electron chi connectivity index (χ3n) is 3.98. The van der Waals surface area contributed by atoms with Gasteiger partial charge in [0.15, 0.2) is 5.69 Å². The quantitative estimate of drug-likeness (QED) is 0.773. The molecule has 0 saturated heterocycles. The fourth-order valence-corrected chi connectivity index (χ4v) is 2.32. The number of likely N-dealkylation sites (N-methyl/N-ethyl adjacent to an activating group) is 1. The van der Waals surface area contributed by atoms with Gasteiger partial charge in [0.05, 0.1) is 18.4 Å². The van der Waals surface area contributed by atoms with Gasteiger partial charge in [0.1, 0.15) is 5.82 Å². The molecule has 2 amide bonds. The van der Waals surface area contributed by atoms with E-state index in [0.717, 1.165) is 25.9 Å². The first-order valence-corrected chi connectivity index (χ1v) is 8.26. The Labute approximate surface area is 146 Å². The lowest BCUT2D eigenvalue weighted by Gasteiger charge is -2.08. The molecule has 0 aliphatic heterocycles. The Hall–Kier alpha value is -2.68. The molecule has 1 aliphatic rings. The standard InChI is InChI=1S/C16H23N7O2/c1-21(2)6-7-23-10-12(9-17-23)18-16(25)13-8-14(22(3)20-13)19-15(24)11-4-5-11/h8-11H,4-7H2,1-3H3,(H,18,25)(H,19,24). The predicted octanol–water partition coefficient (Wildman–Crippen LogP) is 0.779. The molecule has 0 bridgehead atoms. The molecule has 1 aliphatic carbocycles. The first-order valence-electron chi connectivity index (χ1n) is 8.26. The highest BCUT2D eigenvalue weighted by Crippen LogP contribution is 2.30. The van der Waals surface area contributed by atoms with Gasteiger partial charge in [0.2, 0.25) is 5.91 Å². The Morgan fingerprint density at radius 3 is 2.76 bits per heavy atom. The molecule has 9 heteroatoms. The monoisotopic (exact) mass is 345 g/mol. The van der Waals surface area contributed by atoms with E-state index in [2.05, 4.69) is 25.7 Å². The summed E-state index contributed by atoms with van der Waals surface area (Å²) in [5, 5.41) is 14.0. The van der Waals surface area contributed by atoms with Gasteiger partial charge < -0.3 is 15.5 Å². The number of amides is 2. The Bertz CT molecular complexity index is 773. The summed E-state index contributed by atoms with van der Waals surface area (Å²) in [6, 6.07) is 1.58. The van der Waals surface area contributed by atoms with Gasteiger partial charge in [-0.25, -0.2) is 0 Å². The highest BCUT2D eigenvalue weighted by molar-refractivity contribution is 6.04. The summed E-state index contributed by atoms with van der Waals surface area (Å²) >= 11 is 0. The molecule has 2 heterocycles. The molecule has 0 atom stereocenters. The van der Waals surface area contributed by atoms with Crippen LogP contribution in [0.1, 0.15) is 23.3 Å². The first-order chi connectivity index (χ1) is 11.9. The zero-order valence-electron chi connectivity index (χ0n) is 14.7. The zero-order valence-corrected chi connectivity index (χ0v) is 14.7. The van der Waals surface area contributed by atoms with Gasteiger partial charge in [0.25, 0.3) is 5.91 Å². The van der Waals surface area contributed by atoms with Crippen molar-refractivity contribution in [3.05, 3.63) is 24.2 Å².